The number of aliphatic hydroxyl groups is 3. The Morgan fingerprint density at radius 2 is 0.623 bits per heavy atom. The third-order valence-corrected chi connectivity index (χ3v) is 13.1. The molecular formula is C60H110O9. The number of carbonyl (C=O) groups is 3. The maximum atomic E-state index is 12.9. The number of rotatable bonds is 53. The van der Waals surface area contributed by atoms with Gasteiger partial charge in [-0.1, -0.05) is 211 Å². The maximum absolute atomic E-state index is 12.9. The van der Waals surface area contributed by atoms with E-state index in [0.29, 0.717) is 19.3 Å². The van der Waals surface area contributed by atoms with E-state index in [9.17, 15) is 29.7 Å². The van der Waals surface area contributed by atoms with Crippen LogP contribution in [0.4, 0.5) is 0 Å². The molecule has 0 aliphatic rings. The SMILES string of the molecule is CCCCCCCC(O)C/C=C/CCCCCCCC(=O)OCC(COC(=O)CCCCCCC/C=C/CC(O)CCCCCCC)OC(=O)CCCCCCC/C=C/CC(O)CCCCCCC. The van der Waals surface area contributed by atoms with Crippen molar-refractivity contribution in [2.75, 3.05) is 13.2 Å². The third kappa shape index (κ3) is 51.7. The van der Waals surface area contributed by atoms with Crippen LogP contribution >= 0.6 is 0 Å². The zero-order valence-corrected chi connectivity index (χ0v) is 45.2. The highest BCUT2D eigenvalue weighted by Gasteiger charge is 2.19. The van der Waals surface area contributed by atoms with Gasteiger partial charge >= 0.3 is 17.9 Å². The van der Waals surface area contributed by atoms with Crippen LogP contribution in [-0.4, -0.2) is 70.9 Å². The number of allylic oxidation sites excluding steroid dienone is 3. The molecule has 0 aromatic heterocycles. The molecule has 0 radical (unpaired) electrons. The highest BCUT2D eigenvalue weighted by Crippen LogP contribution is 2.16. The number of unbranched alkanes of at least 4 members (excludes halogenated alkanes) is 27. The summed E-state index contributed by atoms with van der Waals surface area (Å²) in [5.74, 6) is -1.04. The lowest BCUT2D eigenvalue weighted by Gasteiger charge is -2.18. The van der Waals surface area contributed by atoms with Crippen molar-refractivity contribution in [1.29, 1.82) is 0 Å². The molecule has 0 aromatic carbocycles. The van der Waals surface area contributed by atoms with Gasteiger partial charge in [0.2, 0.25) is 0 Å². The average molecular weight is 976 g/mol. The molecule has 0 aromatic rings. The van der Waals surface area contributed by atoms with E-state index in [2.05, 4.69) is 57.2 Å². The van der Waals surface area contributed by atoms with Gasteiger partial charge in [0.15, 0.2) is 6.10 Å². The Labute approximate surface area is 424 Å². The standard InChI is InChI=1S/C60H110O9/c1-4-7-10-25-34-43-54(61)46-37-28-19-13-16-22-31-40-49-58(64)67-52-57(69-60(66)51-42-33-24-18-15-21-30-39-48-56(63)45-36-27-12-9-6-3)53-68-59(65)50-41-32-23-17-14-20-29-38-47-55(62)44-35-26-11-8-5-2/h28-30,37-39,54-57,61-63H,4-27,31-36,40-53H2,1-3H3/b37-28+,38-29+,39-30+. The second-order valence-corrected chi connectivity index (χ2v) is 20.1. The highest BCUT2D eigenvalue weighted by molar-refractivity contribution is 5.71. The van der Waals surface area contributed by atoms with Crippen LogP contribution in [0.15, 0.2) is 36.5 Å². The summed E-state index contributed by atoms with van der Waals surface area (Å²) in [6.07, 6.45) is 53.0. The molecule has 0 saturated carbocycles. The molecule has 3 N–H and O–H groups in total. The lowest BCUT2D eigenvalue weighted by Crippen LogP contribution is -2.30. The number of esters is 3. The fraction of sp³-hybridized carbons (Fsp3) is 0.850. The Morgan fingerprint density at radius 3 is 0.957 bits per heavy atom. The number of carbonyl (C=O) groups excluding carboxylic acids is 3. The van der Waals surface area contributed by atoms with Crippen molar-refractivity contribution in [3.05, 3.63) is 36.5 Å². The smallest absolute Gasteiger partial charge is 0.306 e. The lowest BCUT2D eigenvalue weighted by atomic mass is 10.1. The van der Waals surface area contributed by atoms with Gasteiger partial charge in [-0.15, -0.1) is 0 Å². The summed E-state index contributed by atoms with van der Waals surface area (Å²) in [6.45, 7) is 6.39. The zero-order chi connectivity index (χ0) is 50.5. The van der Waals surface area contributed by atoms with Gasteiger partial charge in [-0.2, -0.15) is 0 Å². The Morgan fingerprint density at radius 1 is 0.348 bits per heavy atom. The van der Waals surface area contributed by atoms with Crippen molar-refractivity contribution >= 4 is 17.9 Å². The first-order valence-electron chi connectivity index (χ1n) is 29.2. The van der Waals surface area contributed by atoms with E-state index in [-0.39, 0.29) is 55.9 Å². The molecule has 0 aliphatic heterocycles. The van der Waals surface area contributed by atoms with Crippen LogP contribution in [0.2, 0.25) is 0 Å². The quantitative estimate of drug-likeness (QED) is 0.0235. The Bertz CT molecular complexity index is 1150. The first-order chi connectivity index (χ1) is 33.7. The Hall–Kier alpha value is -2.49. The minimum atomic E-state index is -0.836. The topological polar surface area (TPSA) is 140 Å². The summed E-state index contributed by atoms with van der Waals surface area (Å²) in [7, 11) is 0. The number of ether oxygens (including phenoxy) is 3. The molecule has 3 unspecified atom stereocenters. The molecular weight excluding hydrogens is 865 g/mol. The normalized spacial score (nSPS) is 13.7. The molecule has 0 spiro atoms. The average Bonchev–Trinajstić information content (AvgIpc) is 3.33. The fourth-order valence-corrected chi connectivity index (χ4v) is 8.48. The van der Waals surface area contributed by atoms with E-state index < -0.39 is 6.10 Å². The van der Waals surface area contributed by atoms with Crippen LogP contribution in [0.3, 0.4) is 0 Å². The maximum Gasteiger partial charge on any atom is 0.306 e. The van der Waals surface area contributed by atoms with Gasteiger partial charge < -0.3 is 29.5 Å². The molecule has 0 fully saturated rings. The van der Waals surface area contributed by atoms with Gasteiger partial charge in [-0.3, -0.25) is 14.4 Å². The molecule has 9 heteroatoms. The van der Waals surface area contributed by atoms with Crippen LogP contribution in [0.5, 0.6) is 0 Å². The van der Waals surface area contributed by atoms with Gasteiger partial charge in [0.25, 0.3) is 0 Å². The number of hydrogen-bond acceptors (Lipinski definition) is 9. The van der Waals surface area contributed by atoms with Crippen molar-refractivity contribution in [1.82, 2.24) is 0 Å². The minimum absolute atomic E-state index is 0.131. The predicted octanol–water partition coefficient (Wildman–Crippen LogP) is 16.2. The van der Waals surface area contributed by atoms with E-state index in [1.54, 1.807) is 0 Å². The molecule has 0 aliphatic carbocycles. The van der Waals surface area contributed by atoms with Gasteiger partial charge in [0, 0.05) is 19.3 Å². The van der Waals surface area contributed by atoms with E-state index in [0.717, 1.165) is 167 Å². The first kappa shape index (κ1) is 66.5. The molecule has 0 amide bonds. The molecule has 3 atom stereocenters. The lowest BCUT2D eigenvalue weighted by molar-refractivity contribution is -0.167. The Balaban J connectivity index is 4.51. The van der Waals surface area contributed by atoms with E-state index >= 15 is 0 Å². The molecule has 9 nitrogen and oxygen atoms in total. The number of hydrogen-bond donors (Lipinski definition) is 3. The van der Waals surface area contributed by atoms with Crippen molar-refractivity contribution in [2.24, 2.45) is 0 Å². The van der Waals surface area contributed by atoms with Crippen molar-refractivity contribution in [3.8, 4) is 0 Å². The molecule has 69 heavy (non-hydrogen) atoms. The van der Waals surface area contributed by atoms with Gasteiger partial charge in [0.05, 0.1) is 18.3 Å². The van der Waals surface area contributed by atoms with Crippen molar-refractivity contribution in [2.45, 2.75) is 315 Å². The van der Waals surface area contributed by atoms with Crippen LogP contribution in [0.25, 0.3) is 0 Å². The van der Waals surface area contributed by atoms with Crippen LogP contribution < -0.4 is 0 Å². The van der Waals surface area contributed by atoms with Crippen LogP contribution in [0.1, 0.15) is 290 Å². The molecule has 0 rings (SSSR count). The van der Waals surface area contributed by atoms with Crippen molar-refractivity contribution < 1.29 is 43.9 Å². The summed E-state index contributed by atoms with van der Waals surface area (Å²) in [4.78, 5) is 38.2. The highest BCUT2D eigenvalue weighted by atomic mass is 16.6. The number of aliphatic hydroxyl groups excluding tert-OH is 3. The second kappa shape index (κ2) is 53.3. The summed E-state index contributed by atoms with van der Waals surface area (Å²) in [6, 6.07) is 0. The van der Waals surface area contributed by atoms with Crippen LogP contribution in [-0.2, 0) is 28.6 Å². The van der Waals surface area contributed by atoms with Crippen LogP contribution in [0, 0.1) is 0 Å². The molecule has 0 bridgehead atoms. The fourth-order valence-electron chi connectivity index (χ4n) is 8.48. The third-order valence-electron chi connectivity index (χ3n) is 13.1. The van der Waals surface area contributed by atoms with E-state index in [1.807, 2.05) is 0 Å². The summed E-state index contributed by atoms with van der Waals surface area (Å²) in [5.41, 5.74) is 0. The monoisotopic (exact) mass is 975 g/mol. The van der Waals surface area contributed by atoms with Gasteiger partial charge in [-0.25, -0.2) is 0 Å². The second-order valence-electron chi connectivity index (χ2n) is 20.1. The Kier molecular flexibility index (Phi) is 51.4. The molecule has 0 heterocycles. The summed E-state index contributed by atoms with van der Waals surface area (Å²) >= 11 is 0. The summed E-state index contributed by atoms with van der Waals surface area (Å²) in [5, 5.41) is 30.6. The van der Waals surface area contributed by atoms with Crippen molar-refractivity contribution in [3.63, 3.8) is 0 Å². The van der Waals surface area contributed by atoms with Gasteiger partial charge in [0.1, 0.15) is 13.2 Å². The van der Waals surface area contributed by atoms with E-state index in [4.69, 9.17) is 14.2 Å². The predicted molar refractivity (Wildman–Crippen MR) is 288 cm³/mol. The zero-order valence-electron chi connectivity index (χ0n) is 45.2. The summed E-state index contributed by atoms with van der Waals surface area (Å²) < 4.78 is 16.8. The minimum Gasteiger partial charge on any atom is -0.462 e. The molecule has 0 saturated heterocycles. The van der Waals surface area contributed by atoms with Gasteiger partial charge in [-0.05, 0) is 96.3 Å². The molecule has 404 valence electrons. The van der Waals surface area contributed by atoms with E-state index in [1.165, 1.54) is 77.0 Å². The largest absolute Gasteiger partial charge is 0.462 e. The first-order valence-corrected chi connectivity index (χ1v) is 29.2.